The Morgan fingerprint density at radius 2 is 0.885 bits per heavy atom. The van der Waals surface area contributed by atoms with E-state index in [1.807, 2.05) is 60.7 Å². The summed E-state index contributed by atoms with van der Waals surface area (Å²) in [5, 5.41) is 7.67. The Kier molecular flexibility index (Phi) is 8.02. The highest BCUT2D eigenvalue weighted by Crippen LogP contribution is 2.20. The van der Waals surface area contributed by atoms with Crippen molar-refractivity contribution in [2.24, 2.45) is 10.2 Å². The molecule has 0 saturated heterocycles. The van der Waals surface area contributed by atoms with Crippen molar-refractivity contribution >= 4 is 11.4 Å². The molecule has 0 aliphatic rings. The highest BCUT2D eigenvalue weighted by molar-refractivity contribution is 5.52. The van der Waals surface area contributed by atoms with E-state index in [0.717, 1.165) is 0 Å². The van der Waals surface area contributed by atoms with Gasteiger partial charge in [-0.05, 0) is 24.3 Å². The maximum Gasteiger partial charge on any atom is 0.198 e. The molecule has 0 saturated carbocycles. The van der Waals surface area contributed by atoms with Crippen molar-refractivity contribution in [3.05, 3.63) is 84.9 Å². The second-order valence-corrected chi connectivity index (χ2v) is 5.06. The molecule has 0 heterocycles. The molecule has 0 aliphatic heterocycles. The molecular formula is C20H22N4O2. The maximum absolute atomic E-state index is 5.72. The summed E-state index contributed by atoms with van der Waals surface area (Å²) >= 11 is 0. The lowest BCUT2D eigenvalue weighted by atomic mass is 10.3. The first-order valence-corrected chi connectivity index (χ1v) is 8.05. The van der Waals surface area contributed by atoms with E-state index in [1.165, 1.54) is 0 Å². The van der Waals surface area contributed by atoms with Crippen molar-refractivity contribution in [1.29, 1.82) is 0 Å². The molecule has 0 radical (unpaired) electrons. The SMILES string of the molecule is Nc1ccccc1OCN=NCOc1ccccc1N.c1ccccc1. The number of hydrogen-bond acceptors (Lipinski definition) is 6. The van der Waals surface area contributed by atoms with Crippen LogP contribution in [0.5, 0.6) is 11.5 Å². The number of ether oxygens (including phenoxy) is 2. The fourth-order valence-corrected chi connectivity index (χ4v) is 1.89. The van der Waals surface area contributed by atoms with Gasteiger partial charge in [0, 0.05) is 0 Å². The van der Waals surface area contributed by atoms with Gasteiger partial charge in [0.2, 0.25) is 0 Å². The monoisotopic (exact) mass is 350 g/mol. The van der Waals surface area contributed by atoms with Crippen LogP contribution < -0.4 is 20.9 Å². The third-order valence-corrected chi connectivity index (χ3v) is 3.16. The molecule has 0 bridgehead atoms. The fraction of sp³-hybridized carbons (Fsp3) is 0.100. The van der Waals surface area contributed by atoms with Crippen molar-refractivity contribution in [1.82, 2.24) is 0 Å². The standard InChI is InChI=1S/C14H16N4O2.C6H6/c15-11-5-1-3-7-13(11)19-9-17-18-10-20-14-8-4-2-6-12(14)16;1-2-4-6-5-3-1/h1-8H,9-10,15-16H2;1-6H. The number of rotatable bonds is 6. The Bertz CT molecular complexity index is 716. The normalized spacial score (nSPS) is 10.0. The molecule has 0 fully saturated rings. The van der Waals surface area contributed by atoms with E-state index in [4.69, 9.17) is 20.9 Å². The summed E-state index contributed by atoms with van der Waals surface area (Å²) in [6.45, 7) is 0.170. The molecule has 0 atom stereocenters. The highest BCUT2D eigenvalue weighted by atomic mass is 16.5. The van der Waals surface area contributed by atoms with Crippen LogP contribution in [0.2, 0.25) is 0 Å². The molecule has 0 amide bonds. The maximum atomic E-state index is 5.72. The number of nitrogens with two attached hydrogens (primary N) is 2. The van der Waals surface area contributed by atoms with Gasteiger partial charge in [-0.25, -0.2) is 0 Å². The van der Waals surface area contributed by atoms with Crippen molar-refractivity contribution in [3.8, 4) is 11.5 Å². The average Bonchev–Trinajstić information content (AvgIpc) is 2.69. The van der Waals surface area contributed by atoms with Gasteiger partial charge in [-0.3, -0.25) is 0 Å². The molecule has 4 N–H and O–H groups in total. The second-order valence-electron chi connectivity index (χ2n) is 5.06. The van der Waals surface area contributed by atoms with Crippen LogP contribution in [0.25, 0.3) is 0 Å². The largest absolute Gasteiger partial charge is 0.467 e. The summed E-state index contributed by atoms with van der Waals surface area (Å²) in [6.07, 6.45) is 0. The first-order chi connectivity index (χ1) is 12.8. The van der Waals surface area contributed by atoms with Gasteiger partial charge in [0.05, 0.1) is 11.4 Å². The summed E-state index contributed by atoms with van der Waals surface area (Å²) in [5.74, 6) is 1.17. The van der Waals surface area contributed by atoms with Gasteiger partial charge in [-0.15, -0.1) is 10.2 Å². The number of nitrogens with zero attached hydrogens (tertiary/aromatic N) is 2. The van der Waals surface area contributed by atoms with Crippen molar-refractivity contribution in [2.45, 2.75) is 0 Å². The molecule has 0 aliphatic carbocycles. The Labute approximate surface area is 153 Å². The predicted octanol–water partition coefficient (Wildman–Crippen LogP) is 4.36. The van der Waals surface area contributed by atoms with Gasteiger partial charge >= 0.3 is 0 Å². The van der Waals surface area contributed by atoms with Crippen LogP contribution in [-0.4, -0.2) is 13.5 Å². The van der Waals surface area contributed by atoms with Crippen LogP contribution in [0.4, 0.5) is 11.4 Å². The summed E-state index contributed by atoms with van der Waals surface area (Å²) in [5.41, 5.74) is 12.6. The van der Waals surface area contributed by atoms with E-state index in [1.54, 1.807) is 24.3 Å². The molecule has 0 unspecified atom stereocenters. The molecule has 0 spiro atoms. The fourth-order valence-electron chi connectivity index (χ4n) is 1.89. The number of azo groups is 1. The number of benzene rings is 3. The topological polar surface area (TPSA) is 95.2 Å². The predicted molar refractivity (Wildman–Crippen MR) is 104 cm³/mol. The molecule has 0 aromatic heterocycles. The molecule has 3 rings (SSSR count). The van der Waals surface area contributed by atoms with E-state index >= 15 is 0 Å². The van der Waals surface area contributed by atoms with Crippen molar-refractivity contribution in [3.63, 3.8) is 0 Å². The third-order valence-electron chi connectivity index (χ3n) is 3.16. The molecule has 3 aromatic rings. The summed E-state index contributed by atoms with van der Waals surface area (Å²) in [6, 6.07) is 26.4. The summed E-state index contributed by atoms with van der Waals surface area (Å²) in [7, 11) is 0. The molecular weight excluding hydrogens is 328 g/mol. The Morgan fingerprint density at radius 1 is 0.538 bits per heavy atom. The Morgan fingerprint density at radius 3 is 1.23 bits per heavy atom. The smallest absolute Gasteiger partial charge is 0.198 e. The minimum atomic E-state index is 0.0852. The van der Waals surface area contributed by atoms with Gasteiger partial charge in [0.25, 0.3) is 0 Å². The molecule has 3 aromatic carbocycles. The van der Waals surface area contributed by atoms with Gasteiger partial charge < -0.3 is 20.9 Å². The minimum Gasteiger partial charge on any atom is -0.467 e. The zero-order chi connectivity index (χ0) is 18.5. The lowest BCUT2D eigenvalue weighted by molar-refractivity contribution is 0.293. The number of hydrogen-bond donors (Lipinski definition) is 2. The number of para-hydroxylation sites is 4. The van der Waals surface area contributed by atoms with Crippen LogP contribution >= 0.6 is 0 Å². The van der Waals surface area contributed by atoms with Crippen LogP contribution in [0.3, 0.4) is 0 Å². The average molecular weight is 350 g/mol. The van der Waals surface area contributed by atoms with Crippen molar-refractivity contribution < 1.29 is 9.47 Å². The van der Waals surface area contributed by atoms with Gasteiger partial charge in [-0.2, -0.15) is 0 Å². The molecule has 6 nitrogen and oxygen atoms in total. The first-order valence-electron chi connectivity index (χ1n) is 8.05. The Balaban J connectivity index is 0.000000342. The summed E-state index contributed by atoms with van der Waals surface area (Å²) < 4.78 is 10.7. The lowest BCUT2D eigenvalue weighted by Crippen LogP contribution is -1.99. The van der Waals surface area contributed by atoms with Gasteiger partial charge in [0.15, 0.2) is 13.5 Å². The number of anilines is 2. The van der Waals surface area contributed by atoms with E-state index in [2.05, 4.69) is 10.2 Å². The van der Waals surface area contributed by atoms with Crippen molar-refractivity contribution in [2.75, 3.05) is 24.9 Å². The van der Waals surface area contributed by atoms with E-state index in [0.29, 0.717) is 22.9 Å². The third kappa shape index (κ3) is 6.92. The zero-order valence-electron chi connectivity index (χ0n) is 14.4. The number of nitrogen functional groups attached to an aromatic ring is 2. The van der Waals surface area contributed by atoms with E-state index in [-0.39, 0.29) is 13.5 Å². The van der Waals surface area contributed by atoms with Crippen LogP contribution in [0.1, 0.15) is 0 Å². The molecule has 134 valence electrons. The summed E-state index contributed by atoms with van der Waals surface area (Å²) in [4.78, 5) is 0. The second kappa shape index (κ2) is 11.1. The van der Waals surface area contributed by atoms with E-state index in [9.17, 15) is 0 Å². The van der Waals surface area contributed by atoms with Crippen LogP contribution in [-0.2, 0) is 0 Å². The molecule has 26 heavy (non-hydrogen) atoms. The van der Waals surface area contributed by atoms with Crippen LogP contribution in [0, 0.1) is 0 Å². The minimum absolute atomic E-state index is 0.0852. The van der Waals surface area contributed by atoms with Crippen LogP contribution in [0.15, 0.2) is 95.2 Å². The Hall–Kier alpha value is -3.54. The van der Waals surface area contributed by atoms with Gasteiger partial charge in [0.1, 0.15) is 11.5 Å². The van der Waals surface area contributed by atoms with E-state index < -0.39 is 0 Å². The quantitative estimate of drug-likeness (QED) is 0.510. The zero-order valence-corrected chi connectivity index (χ0v) is 14.4. The lowest BCUT2D eigenvalue weighted by Gasteiger charge is -2.06. The highest BCUT2D eigenvalue weighted by Gasteiger charge is 1.97. The molecule has 6 heteroatoms. The first kappa shape index (κ1) is 18.8. The van der Waals surface area contributed by atoms with Gasteiger partial charge in [-0.1, -0.05) is 60.7 Å².